The van der Waals surface area contributed by atoms with Crippen LogP contribution in [0.2, 0.25) is 0 Å². The maximum atomic E-state index is 12.1. The van der Waals surface area contributed by atoms with Gasteiger partial charge in [0.15, 0.2) is 5.65 Å². The molecule has 104 valence electrons. The number of imide groups is 1. The van der Waals surface area contributed by atoms with Crippen LogP contribution in [-0.2, 0) is 9.59 Å². The molecule has 20 heavy (non-hydrogen) atoms. The van der Waals surface area contributed by atoms with Gasteiger partial charge in [-0.05, 0) is 13.8 Å². The van der Waals surface area contributed by atoms with E-state index >= 15 is 0 Å². The second-order valence-electron chi connectivity index (χ2n) is 5.37. The third-order valence-corrected chi connectivity index (χ3v) is 3.94. The summed E-state index contributed by atoms with van der Waals surface area (Å²) < 4.78 is 1.67. The molecule has 2 aromatic rings. The smallest absolute Gasteiger partial charge is 0.233 e. The molecular formula is C14H16N4O2. The molecule has 2 atom stereocenters. The second kappa shape index (κ2) is 4.13. The number of amides is 2. The third kappa shape index (κ3) is 1.57. The van der Waals surface area contributed by atoms with E-state index in [1.165, 1.54) is 4.90 Å². The fourth-order valence-corrected chi connectivity index (χ4v) is 2.67. The monoisotopic (exact) mass is 272 g/mol. The van der Waals surface area contributed by atoms with Crippen molar-refractivity contribution in [1.29, 1.82) is 0 Å². The lowest BCUT2D eigenvalue weighted by Gasteiger charge is -2.21. The topological polar surface area (TPSA) is 67.6 Å². The number of aromatic nitrogens is 3. The van der Waals surface area contributed by atoms with Gasteiger partial charge in [-0.15, -0.1) is 0 Å². The van der Waals surface area contributed by atoms with E-state index < -0.39 is 0 Å². The van der Waals surface area contributed by atoms with Gasteiger partial charge in [0.25, 0.3) is 0 Å². The highest BCUT2D eigenvalue weighted by atomic mass is 16.2. The summed E-state index contributed by atoms with van der Waals surface area (Å²) in [6.45, 7) is 9.39. The maximum Gasteiger partial charge on any atom is 0.233 e. The number of nitrogens with zero attached hydrogens (tertiary/aromatic N) is 4. The molecule has 0 aromatic carbocycles. The van der Waals surface area contributed by atoms with E-state index in [0.29, 0.717) is 5.65 Å². The van der Waals surface area contributed by atoms with Gasteiger partial charge in [0.05, 0.1) is 23.6 Å². The number of fused-ring (bicyclic) bond motifs is 1. The van der Waals surface area contributed by atoms with E-state index in [1.807, 2.05) is 13.8 Å². The molecular weight excluding hydrogens is 256 g/mol. The molecule has 0 aliphatic carbocycles. The van der Waals surface area contributed by atoms with Crippen molar-refractivity contribution in [3.8, 4) is 0 Å². The number of rotatable bonds is 2. The molecule has 1 fully saturated rings. The zero-order valence-electron chi connectivity index (χ0n) is 11.8. The molecule has 6 nitrogen and oxygen atoms in total. The Balaban J connectivity index is 2.07. The van der Waals surface area contributed by atoms with Crippen LogP contribution in [0.25, 0.3) is 12.2 Å². The summed E-state index contributed by atoms with van der Waals surface area (Å²) >= 11 is 0. The first-order chi connectivity index (χ1) is 9.41. The number of imidazole rings is 1. The van der Waals surface area contributed by atoms with E-state index in [4.69, 9.17) is 0 Å². The zero-order chi connectivity index (χ0) is 14.6. The normalized spacial score (nSPS) is 21.1. The molecule has 1 aliphatic heterocycles. The number of hydrogen-bond acceptors (Lipinski definition) is 4. The fourth-order valence-electron chi connectivity index (χ4n) is 2.67. The predicted molar refractivity (Wildman–Crippen MR) is 72.5 cm³/mol. The minimum absolute atomic E-state index is 0.129. The number of carbonyl (C=O) groups excluding carboxylic acids is 2. The van der Waals surface area contributed by atoms with Gasteiger partial charge >= 0.3 is 0 Å². The minimum atomic E-state index is -0.372. The lowest BCUT2D eigenvalue weighted by molar-refractivity contribution is -0.141. The van der Waals surface area contributed by atoms with Crippen molar-refractivity contribution >= 4 is 24.0 Å². The molecule has 0 N–H and O–H groups in total. The Morgan fingerprint density at radius 3 is 2.75 bits per heavy atom. The Hall–Kier alpha value is -2.24. The van der Waals surface area contributed by atoms with Gasteiger partial charge in [-0.25, -0.2) is 9.50 Å². The number of aryl methyl sites for hydroxylation is 1. The van der Waals surface area contributed by atoms with Crippen molar-refractivity contribution < 1.29 is 9.59 Å². The average molecular weight is 272 g/mol. The van der Waals surface area contributed by atoms with E-state index in [9.17, 15) is 9.59 Å². The summed E-state index contributed by atoms with van der Waals surface area (Å²) in [5.74, 6) is -0.509. The molecule has 0 saturated carbocycles. The van der Waals surface area contributed by atoms with Crippen molar-refractivity contribution in [2.45, 2.75) is 33.2 Å². The molecule has 6 heteroatoms. The Morgan fingerprint density at radius 2 is 2.15 bits per heavy atom. The van der Waals surface area contributed by atoms with Crippen molar-refractivity contribution in [3.05, 3.63) is 22.8 Å². The van der Waals surface area contributed by atoms with Crippen LogP contribution in [0.15, 0.2) is 6.20 Å². The Morgan fingerprint density at radius 1 is 1.45 bits per heavy atom. The van der Waals surface area contributed by atoms with Crippen molar-refractivity contribution in [3.63, 3.8) is 0 Å². The molecule has 2 amide bonds. The summed E-state index contributed by atoms with van der Waals surface area (Å²) in [5, 5.41) is 5.15. The van der Waals surface area contributed by atoms with E-state index in [1.54, 1.807) is 17.6 Å². The van der Waals surface area contributed by atoms with Crippen LogP contribution in [-0.4, -0.2) is 31.3 Å². The molecule has 0 bridgehead atoms. The van der Waals surface area contributed by atoms with Crippen LogP contribution < -0.4 is 5.22 Å². The summed E-state index contributed by atoms with van der Waals surface area (Å²) in [5.41, 5.74) is 2.21. The molecule has 3 heterocycles. The fraction of sp³-hybridized carbons (Fsp3) is 0.429. The highest BCUT2D eigenvalue weighted by molar-refractivity contribution is 6.03. The third-order valence-electron chi connectivity index (χ3n) is 3.94. The maximum absolute atomic E-state index is 12.1. The Labute approximate surface area is 116 Å². The first-order valence-corrected chi connectivity index (χ1v) is 6.60. The highest BCUT2D eigenvalue weighted by Crippen LogP contribution is 2.29. The predicted octanol–water partition coefficient (Wildman–Crippen LogP) is 0.623. The van der Waals surface area contributed by atoms with Crippen LogP contribution >= 0.6 is 0 Å². The Kier molecular flexibility index (Phi) is 2.64. The van der Waals surface area contributed by atoms with Crippen molar-refractivity contribution in [1.82, 2.24) is 19.5 Å². The van der Waals surface area contributed by atoms with E-state index in [2.05, 4.69) is 16.7 Å². The summed E-state index contributed by atoms with van der Waals surface area (Å²) in [6.07, 6.45) is 1.93. The number of carbonyl (C=O) groups is 2. The SMILES string of the molecule is C=c1c(C)nn2c(C(C)N3C(=O)CC(C)C3=O)cnc12. The van der Waals surface area contributed by atoms with E-state index in [0.717, 1.165) is 16.6 Å². The quantitative estimate of drug-likeness (QED) is 0.752. The zero-order valence-corrected chi connectivity index (χ0v) is 11.8. The second-order valence-corrected chi connectivity index (χ2v) is 5.37. The first-order valence-electron chi connectivity index (χ1n) is 6.60. The largest absolute Gasteiger partial charge is 0.274 e. The summed E-state index contributed by atoms with van der Waals surface area (Å²) in [6, 6.07) is -0.372. The van der Waals surface area contributed by atoms with Crippen molar-refractivity contribution in [2.75, 3.05) is 0 Å². The molecule has 0 radical (unpaired) electrons. The van der Waals surface area contributed by atoms with Crippen LogP contribution in [0.5, 0.6) is 0 Å². The average Bonchev–Trinajstić information content (AvgIpc) is 2.98. The van der Waals surface area contributed by atoms with Crippen LogP contribution in [0.1, 0.15) is 37.7 Å². The molecule has 3 rings (SSSR count). The molecule has 1 aliphatic rings. The number of likely N-dealkylation sites (tertiary alicyclic amines) is 1. The summed E-state index contributed by atoms with van der Waals surface area (Å²) in [7, 11) is 0. The Bertz CT molecular complexity index is 764. The first kappa shape index (κ1) is 12.8. The van der Waals surface area contributed by atoms with Gasteiger partial charge in [-0.2, -0.15) is 5.10 Å². The van der Waals surface area contributed by atoms with Gasteiger partial charge in [0.2, 0.25) is 11.8 Å². The molecule has 0 spiro atoms. The van der Waals surface area contributed by atoms with Crippen LogP contribution in [0.4, 0.5) is 0 Å². The standard InChI is InChI=1S/C14H16N4O2/c1-7-5-12(19)17(14(7)20)10(4)11-6-15-13-8(2)9(3)16-18(11)13/h6-7,10H,2,5H2,1,3-4H3. The minimum Gasteiger partial charge on any atom is -0.274 e. The molecule has 2 unspecified atom stereocenters. The number of hydrogen-bond donors (Lipinski definition) is 0. The lowest BCUT2D eigenvalue weighted by atomic mass is 10.1. The van der Waals surface area contributed by atoms with Gasteiger partial charge in [-0.3, -0.25) is 14.5 Å². The summed E-state index contributed by atoms with van der Waals surface area (Å²) in [4.78, 5) is 29.7. The lowest BCUT2D eigenvalue weighted by Crippen LogP contribution is -2.33. The van der Waals surface area contributed by atoms with Crippen LogP contribution in [0.3, 0.4) is 0 Å². The van der Waals surface area contributed by atoms with Gasteiger partial charge < -0.3 is 0 Å². The van der Waals surface area contributed by atoms with E-state index in [-0.39, 0.29) is 30.2 Å². The van der Waals surface area contributed by atoms with Crippen LogP contribution in [0, 0.1) is 12.8 Å². The molecule has 1 saturated heterocycles. The van der Waals surface area contributed by atoms with Crippen molar-refractivity contribution in [2.24, 2.45) is 5.92 Å². The van der Waals surface area contributed by atoms with Gasteiger partial charge in [0, 0.05) is 17.6 Å². The molecule has 2 aromatic heterocycles. The van der Waals surface area contributed by atoms with Gasteiger partial charge in [0.1, 0.15) is 0 Å². The van der Waals surface area contributed by atoms with Gasteiger partial charge in [-0.1, -0.05) is 13.5 Å². The highest BCUT2D eigenvalue weighted by Gasteiger charge is 2.39.